The third-order valence-corrected chi connectivity index (χ3v) is 5.04. The molecule has 166 valence electrons. The molecule has 0 rings (SSSR count). The summed E-state index contributed by atoms with van der Waals surface area (Å²) in [6.07, 6.45) is 21.2. The molecular formula is C23H40N2O3S. The predicted octanol–water partition coefficient (Wildman–Crippen LogP) is 6.86. The van der Waals surface area contributed by atoms with Gasteiger partial charge in [-0.2, -0.15) is 0 Å². The molecule has 5 nitrogen and oxygen atoms in total. The lowest BCUT2D eigenvalue weighted by Crippen LogP contribution is -2.37. The second-order valence-corrected chi connectivity index (χ2v) is 9.19. The third-order valence-electron chi connectivity index (χ3n) is 4.33. The van der Waals surface area contributed by atoms with Crippen LogP contribution in [0.25, 0.3) is 0 Å². The summed E-state index contributed by atoms with van der Waals surface area (Å²) < 4.78 is 8.03. The Kier molecular flexibility index (Phi) is 17.5. The van der Waals surface area contributed by atoms with Crippen LogP contribution in [0.2, 0.25) is 0 Å². The highest BCUT2D eigenvalue weighted by Gasteiger charge is 2.20. The van der Waals surface area contributed by atoms with E-state index in [1.807, 2.05) is 45.1 Å². The number of nitroso groups, excluding NO2 is 1. The molecule has 0 aliphatic rings. The topological polar surface area (TPSA) is 67.8 Å². The summed E-state index contributed by atoms with van der Waals surface area (Å²) in [5, 5.41) is 2.77. The molecule has 29 heavy (non-hydrogen) atoms. The van der Waals surface area contributed by atoms with Crippen molar-refractivity contribution in [3.05, 3.63) is 41.0 Å². The zero-order valence-electron chi connectivity index (χ0n) is 18.7. The fraction of sp³-hybridized carbons (Fsp3) is 0.696. The number of unbranched alkanes of at least 4 members (excludes halogenated alkanes) is 8. The number of nitrogens with one attached hydrogen (secondary N) is 1. The molecule has 0 atom stereocenters. The lowest BCUT2D eigenvalue weighted by molar-refractivity contribution is -0.124. The minimum absolute atomic E-state index is 0.0548. The van der Waals surface area contributed by atoms with E-state index >= 15 is 0 Å². The molecule has 0 aromatic heterocycles. The molecule has 0 bridgehead atoms. The number of nitrogens with zero attached hydrogens (tertiary/aromatic N) is 1. The second kappa shape index (κ2) is 18.5. The van der Waals surface area contributed by atoms with Crippen molar-refractivity contribution in [2.24, 2.45) is 4.58 Å². The molecule has 0 unspecified atom stereocenters. The van der Waals surface area contributed by atoms with Gasteiger partial charge in [0.2, 0.25) is 0 Å². The maximum atomic E-state index is 12.0. The van der Waals surface area contributed by atoms with Gasteiger partial charge in [0.1, 0.15) is 5.76 Å². The van der Waals surface area contributed by atoms with Crippen LogP contribution in [0.3, 0.4) is 0 Å². The largest absolute Gasteiger partial charge is 0.484 e. The fourth-order valence-electron chi connectivity index (χ4n) is 2.58. The molecule has 6 heteroatoms. The molecule has 0 aromatic carbocycles. The number of ether oxygens (including phenoxy) is 1. The molecule has 0 radical (unpaired) electrons. The highest BCUT2D eigenvalue weighted by Crippen LogP contribution is 2.23. The molecular weight excluding hydrogens is 384 g/mol. The number of allylic oxidation sites excluding steroid dienone is 5. The number of carbonyl (C=O) groups excluding carboxylic acids is 1. The Hall–Kier alpha value is -1.56. The van der Waals surface area contributed by atoms with Crippen molar-refractivity contribution >= 4 is 17.9 Å². The Labute approximate surface area is 181 Å². The first-order valence-electron chi connectivity index (χ1n) is 10.8. The van der Waals surface area contributed by atoms with Gasteiger partial charge in [0.05, 0.1) is 4.75 Å². The average molecular weight is 425 g/mol. The molecule has 0 fully saturated rings. The minimum atomic E-state index is -0.434. The van der Waals surface area contributed by atoms with E-state index in [1.165, 1.54) is 51.4 Å². The van der Waals surface area contributed by atoms with Gasteiger partial charge in [-0.05, 0) is 45.8 Å². The summed E-state index contributed by atoms with van der Waals surface area (Å²) in [5.41, 5.74) is 0. The van der Waals surface area contributed by atoms with Gasteiger partial charge in [0.25, 0.3) is 5.91 Å². The van der Waals surface area contributed by atoms with E-state index in [9.17, 15) is 9.70 Å². The molecule has 0 heterocycles. The van der Waals surface area contributed by atoms with E-state index in [1.54, 1.807) is 0 Å². The Morgan fingerprint density at radius 1 is 1.10 bits per heavy atom. The van der Waals surface area contributed by atoms with Crippen LogP contribution in [0.5, 0.6) is 0 Å². The summed E-state index contributed by atoms with van der Waals surface area (Å²) in [6, 6.07) is 0. The van der Waals surface area contributed by atoms with Crippen LogP contribution in [-0.2, 0) is 9.53 Å². The van der Waals surface area contributed by atoms with Gasteiger partial charge in [-0.25, -0.2) is 0 Å². The number of hydrogen-bond donors (Lipinski definition) is 1. The zero-order chi connectivity index (χ0) is 21.8. The van der Waals surface area contributed by atoms with Gasteiger partial charge in [-0.3, -0.25) is 4.79 Å². The van der Waals surface area contributed by atoms with E-state index in [-0.39, 0.29) is 12.5 Å². The summed E-state index contributed by atoms with van der Waals surface area (Å²) in [7, 11) is 0. The summed E-state index contributed by atoms with van der Waals surface area (Å²) in [5.74, 6) is 0.452. The quantitative estimate of drug-likeness (QED) is 0.0858. The van der Waals surface area contributed by atoms with E-state index in [0.717, 1.165) is 18.4 Å². The molecule has 1 N–H and O–H groups in total. The van der Waals surface area contributed by atoms with Crippen LogP contribution in [0.4, 0.5) is 0 Å². The maximum Gasteiger partial charge on any atom is 0.257 e. The maximum absolute atomic E-state index is 12.0. The van der Waals surface area contributed by atoms with Crippen LogP contribution in [0.1, 0.15) is 85.5 Å². The van der Waals surface area contributed by atoms with Gasteiger partial charge in [0.15, 0.2) is 6.61 Å². The van der Waals surface area contributed by atoms with Gasteiger partial charge in [-0.1, -0.05) is 70.1 Å². The van der Waals surface area contributed by atoms with Crippen molar-refractivity contribution in [3.8, 4) is 0 Å². The lowest BCUT2D eigenvalue weighted by atomic mass is 10.1. The number of amides is 1. The van der Waals surface area contributed by atoms with Crippen LogP contribution in [0, 0.1) is 4.91 Å². The number of carbonyl (C=O) groups is 1. The van der Waals surface area contributed by atoms with Gasteiger partial charge < -0.3 is 10.1 Å². The predicted molar refractivity (Wildman–Crippen MR) is 126 cm³/mol. The molecule has 0 saturated heterocycles. The van der Waals surface area contributed by atoms with Crippen molar-refractivity contribution in [3.63, 3.8) is 0 Å². The molecule has 0 aliphatic heterocycles. The smallest absolute Gasteiger partial charge is 0.257 e. The zero-order valence-corrected chi connectivity index (χ0v) is 19.6. The average Bonchev–Trinajstić information content (AvgIpc) is 2.69. The molecule has 0 saturated carbocycles. The monoisotopic (exact) mass is 424 g/mol. The summed E-state index contributed by atoms with van der Waals surface area (Å²) in [6.45, 7) is 8.19. The highest BCUT2D eigenvalue weighted by molar-refractivity contribution is 7.99. The van der Waals surface area contributed by atoms with E-state index < -0.39 is 4.75 Å². The van der Waals surface area contributed by atoms with Crippen LogP contribution in [0.15, 0.2) is 40.7 Å². The standard InChI is InChI=1S/C23H40N2O3S/c1-5-7-9-10-11-12-13-14-15-16-18-21(17-8-6-2)28-19-22(26)24-20-23(3,4)29-25-27/h6,8,16-18H,5,7,9-15,19-20H2,1-4H3,(H,24,26)/b8-6+,18-16+,21-17-. The Morgan fingerprint density at radius 2 is 1.76 bits per heavy atom. The Balaban J connectivity index is 4.15. The van der Waals surface area contributed by atoms with Crippen LogP contribution in [-0.4, -0.2) is 23.8 Å². The second-order valence-electron chi connectivity index (χ2n) is 7.75. The summed E-state index contributed by atoms with van der Waals surface area (Å²) in [4.78, 5) is 22.4. The van der Waals surface area contributed by atoms with Crippen molar-refractivity contribution in [1.82, 2.24) is 5.32 Å². The van der Waals surface area contributed by atoms with E-state index in [2.05, 4.69) is 22.9 Å². The minimum Gasteiger partial charge on any atom is -0.484 e. The molecule has 1 amide bonds. The van der Waals surface area contributed by atoms with Gasteiger partial charge in [0, 0.05) is 23.1 Å². The van der Waals surface area contributed by atoms with Crippen molar-refractivity contribution in [1.29, 1.82) is 0 Å². The SMILES string of the molecule is C/C=C/C=C(/C=C/CCCCCCCCCC)OCC(=O)NCC(C)(C)SN=O. The van der Waals surface area contributed by atoms with E-state index in [0.29, 0.717) is 12.3 Å². The normalized spacial score (nSPS) is 12.6. The first-order valence-corrected chi connectivity index (χ1v) is 11.6. The first kappa shape index (κ1) is 27.4. The lowest BCUT2D eigenvalue weighted by Gasteiger charge is -2.19. The van der Waals surface area contributed by atoms with Crippen molar-refractivity contribution < 1.29 is 9.53 Å². The molecule has 0 spiro atoms. The number of rotatable bonds is 18. The van der Waals surface area contributed by atoms with E-state index in [4.69, 9.17) is 4.74 Å². The summed E-state index contributed by atoms with van der Waals surface area (Å²) >= 11 is 0.917. The van der Waals surface area contributed by atoms with Gasteiger partial charge >= 0.3 is 0 Å². The Bertz CT molecular complexity index is 528. The first-order chi connectivity index (χ1) is 13.9. The van der Waals surface area contributed by atoms with Crippen LogP contribution < -0.4 is 5.32 Å². The highest BCUT2D eigenvalue weighted by atomic mass is 32.2. The van der Waals surface area contributed by atoms with Gasteiger partial charge in [-0.15, -0.1) is 4.91 Å². The van der Waals surface area contributed by atoms with Crippen molar-refractivity contribution in [2.45, 2.75) is 90.2 Å². The Morgan fingerprint density at radius 3 is 2.38 bits per heavy atom. The fourth-order valence-corrected chi connectivity index (χ4v) is 2.92. The molecule has 0 aromatic rings. The third kappa shape index (κ3) is 18.2. The number of hydrogen-bond acceptors (Lipinski definition) is 5. The van der Waals surface area contributed by atoms with Crippen LogP contribution >= 0.6 is 11.9 Å². The molecule has 0 aliphatic carbocycles. The van der Waals surface area contributed by atoms with Crippen molar-refractivity contribution in [2.75, 3.05) is 13.2 Å².